The van der Waals surface area contributed by atoms with E-state index in [-0.39, 0.29) is 17.8 Å². The maximum Gasteiger partial charge on any atom is 0.255 e. The average molecular weight is 343 g/mol. The Labute approximate surface area is 146 Å². The summed E-state index contributed by atoms with van der Waals surface area (Å²) in [6.07, 6.45) is 4.23. The van der Waals surface area contributed by atoms with E-state index in [1.54, 1.807) is 16.8 Å². The monoisotopic (exact) mass is 343 g/mol. The highest BCUT2D eigenvalue weighted by Crippen LogP contribution is 2.42. The summed E-state index contributed by atoms with van der Waals surface area (Å²) in [5.74, 6) is -0.0979. The minimum atomic E-state index is -0.315. The maximum atomic E-state index is 13.6. The molecule has 2 heterocycles. The fourth-order valence-electron chi connectivity index (χ4n) is 3.41. The fourth-order valence-corrected chi connectivity index (χ4v) is 3.41. The molecule has 1 aromatic heterocycles. The Balaban J connectivity index is 1.62. The van der Waals surface area contributed by atoms with Crippen LogP contribution in [0.15, 0.2) is 24.3 Å². The van der Waals surface area contributed by atoms with Gasteiger partial charge in [0.2, 0.25) is 0 Å². The first-order valence-corrected chi connectivity index (χ1v) is 8.88. The lowest BCUT2D eigenvalue weighted by Crippen LogP contribution is -2.32. The predicted molar refractivity (Wildman–Crippen MR) is 91.5 cm³/mol. The molecule has 6 heteroatoms. The second-order valence-corrected chi connectivity index (χ2v) is 6.86. The normalized spacial score (nSPS) is 20.0. The number of nitrogens with one attached hydrogen (secondary N) is 1. The Morgan fingerprint density at radius 3 is 2.92 bits per heavy atom. The molecule has 1 saturated heterocycles. The van der Waals surface area contributed by atoms with Gasteiger partial charge in [-0.1, -0.05) is 6.07 Å². The molecule has 4 rings (SSSR count). The van der Waals surface area contributed by atoms with Crippen LogP contribution in [0.5, 0.6) is 0 Å². The van der Waals surface area contributed by atoms with E-state index in [2.05, 4.69) is 10.4 Å². The molecule has 1 aliphatic heterocycles. The van der Waals surface area contributed by atoms with E-state index in [0.29, 0.717) is 23.7 Å². The molecule has 2 fully saturated rings. The van der Waals surface area contributed by atoms with Crippen LogP contribution in [0.25, 0.3) is 5.69 Å². The Morgan fingerprint density at radius 2 is 2.24 bits per heavy atom. The zero-order valence-corrected chi connectivity index (χ0v) is 14.3. The number of carbonyl (C=O) groups is 1. The third-order valence-corrected chi connectivity index (χ3v) is 4.90. The van der Waals surface area contributed by atoms with Crippen LogP contribution >= 0.6 is 0 Å². The van der Waals surface area contributed by atoms with Crippen molar-refractivity contribution in [2.45, 2.75) is 44.6 Å². The van der Waals surface area contributed by atoms with Crippen molar-refractivity contribution in [1.82, 2.24) is 15.1 Å². The summed E-state index contributed by atoms with van der Waals surface area (Å²) in [5.41, 5.74) is 2.84. The zero-order chi connectivity index (χ0) is 17.4. The number of aromatic nitrogens is 2. The molecule has 1 aliphatic carbocycles. The minimum absolute atomic E-state index is 0.104. The number of rotatable bonds is 5. The summed E-state index contributed by atoms with van der Waals surface area (Å²) in [4.78, 5) is 12.8. The lowest BCUT2D eigenvalue weighted by molar-refractivity contribution is 0.0856. The molecule has 2 aromatic rings. The maximum absolute atomic E-state index is 13.6. The van der Waals surface area contributed by atoms with E-state index >= 15 is 0 Å². The Kier molecular flexibility index (Phi) is 4.29. The number of hydrogen-bond acceptors (Lipinski definition) is 3. The molecule has 0 unspecified atom stereocenters. The number of benzene rings is 1. The molecular weight excluding hydrogens is 321 g/mol. The van der Waals surface area contributed by atoms with Gasteiger partial charge in [-0.25, -0.2) is 9.07 Å². The van der Waals surface area contributed by atoms with Gasteiger partial charge < -0.3 is 10.1 Å². The van der Waals surface area contributed by atoms with Crippen LogP contribution in [0.3, 0.4) is 0 Å². The molecule has 5 nitrogen and oxygen atoms in total. The van der Waals surface area contributed by atoms with Crippen LogP contribution in [0.1, 0.15) is 53.3 Å². The van der Waals surface area contributed by atoms with Gasteiger partial charge >= 0.3 is 0 Å². The molecule has 0 radical (unpaired) electrons. The van der Waals surface area contributed by atoms with Crippen LogP contribution in [-0.4, -0.2) is 34.9 Å². The SMILES string of the molecule is Cc1c(C(=O)NC[C@@H]2CCCO2)c(C2CC2)nn1-c1cccc(F)c1. The molecule has 1 N–H and O–H groups in total. The number of carbonyl (C=O) groups excluding carboxylic acids is 1. The van der Waals surface area contributed by atoms with Crippen molar-refractivity contribution in [3.63, 3.8) is 0 Å². The summed E-state index contributed by atoms with van der Waals surface area (Å²) in [5, 5.41) is 7.63. The first kappa shape index (κ1) is 16.3. The van der Waals surface area contributed by atoms with Crippen molar-refractivity contribution in [2.24, 2.45) is 0 Å². The Morgan fingerprint density at radius 1 is 1.40 bits per heavy atom. The fraction of sp³-hybridized carbons (Fsp3) is 0.474. The molecule has 2 aliphatic rings. The van der Waals surface area contributed by atoms with Crippen molar-refractivity contribution >= 4 is 5.91 Å². The van der Waals surface area contributed by atoms with Crippen LogP contribution in [0, 0.1) is 12.7 Å². The summed E-state index contributed by atoms with van der Waals surface area (Å²) < 4.78 is 20.8. The largest absolute Gasteiger partial charge is 0.376 e. The number of halogens is 1. The molecule has 0 spiro atoms. The highest BCUT2D eigenvalue weighted by atomic mass is 19.1. The number of ether oxygens (including phenoxy) is 1. The van der Waals surface area contributed by atoms with E-state index in [0.717, 1.165) is 43.7 Å². The van der Waals surface area contributed by atoms with E-state index < -0.39 is 0 Å². The van der Waals surface area contributed by atoms with Crippen molar-refractivity contribution in [3.05, 3.63) is 47.0 Å². The van der Waals surface area contributed by atoms with E-state index in [1.807, 2.05) is 6.92 Å². The number of nitrogens with zero attached hydrogens (tertiary/aromatic N) is 2. The van der Waals surface area contributed by atoms with Gasteiger partial charge in [-0.3, -0.25) is 4.79 Å². The standard InChI is InChI=1S/C19H22FN3O2/c1-12-17(19(24)21-11-16-6-3-9-25-16)18(13-7-8-13)22-23(12)15-5-2-4-14(20)10-15/h2,4-5,10,13,16H,3,6-9,11H2,1H3,(H,21,24)/t16-/m0/s1. The summed E-state index contributed by atoms with van der Waals surface area (Å²) in [7, 11) is 0. The molecule has 0 bridgehead atoms. The molecule has 25 heavy (non-hydrogen) atoms. The third kappa shape index (κ3) is 3.31. The van der Waals surface area contributed by atoms with Crippen LogP contribution in [-0.2, 0) is 4.74 Å². The Hall–Kier alpha value is -2.21. The van der Waals surface area contributed by atoms with E-state index in [4.69, 9.17) is 4.74 Å². The van der Waals surface area contributed by atoms with Gasteiger partial charge in [-0.15, -0.1) is 0 Å². The lowest BCUT2D eigenvalue weighted by atomic mass is 10.1. The average Bonchev–Trinajstić information content (AvgIpc) is 3.19. The van der Waals surface area contributed by atoms with Crippen LogP contribution in [0.2, 0.25) is 0 Å². The van der Waals surface area contributed by atoms with Gasteiger partial charge in [0, 0.05) is 19.1 Å². The smallest absolute Gasteiger partial charge is 0.255 e. The van der Waals surface area contributed by atoms with Gasteiger partial charge in [-0.2, -0.15) is 5.10 Å². The van der Waals surface area contributed by atoms with Gasteiger partial charge in [-0.05, 0) is 50.8 Å². The highest BCUT2D eigenvalue weighted by Gasteiger charge is 2.34. The second-order valence-electron chi connectivity index (χ2n) is 6.86. The zero-order valence-electron chi connectivity index (χ0n) is 14.3. The molecule has 1 saturated carbocycles. The van der Waals surface area contributed by atoms with Crippen molar-refractivity contribution in [2.75, 3.05) is 13.2 Å². The van der Waals surface area contributed by atoms with Gasteiger partial charge in [0.15, 0.2) is 0 Å². The third-order valence-electron chi connectivity index (χ3n) is 4.90. The van der Waals surface area contributed by atoms with Crippen LogP contribution in [0.4, 0.5) is 4.39 Å². The Bertz CT molecular complexity index is 792. The second kappa shape index (κ2) is 6.59. The molecular formula is C19H22FN3O2. The minimum Gasteiger partial charge on any atom is -0.376 e. The lowest BCUT2D eigenvalue weighted by Gasteiger charge is -2.11. The van der Waals surface area contributed by atoms with Crippen molar-refractivity contribution in [1.29, 1.82) is 0 Å². The van der Waals surface area contributed by atoms with Crippen molar-refractivity contribution < 1.29 is 13.9 Å². The summed E-state index contributed by atoms with van der Waals surface area (Å²) in [6.45, 7) is 3.16. The molecule has 132 valence electrons. The highest BCUT2D eigenvalue weighted by molar-refractivity contribution is 5.97. The quantitative estimate of drug-likeness (QED) is 0.907. The number of amides is 1. The van der Waals surface area contributed by atoms with Crippen molar-refractivity contribution in [3.8, 4) is 5.69 Å². The predicted octanol–water partition coefficient (Wildman–Crippen LogP) is 3.11. The topological polar surface area (TPSA) is 56.1 Å². The summed E-state index contributed by atoms with van der Waals surface area (Å²) >= 11 is 0. The van der Waals surface area contributed by atoms with Gasteiger partial charge in [0.05, 0.1) is 28.7 Å². The van der Waals surface area contributed by atoms with Crippen LogP contribution < -0.4 is 5.32 Å². The van der Waals surface area contributed by atoms with E-state index in [9.17, 15) is 9.18 Å². The first-order chi connectivity index (χ1) is 12.1. The molecule has 1 amide bonds. The number of hydrogen-bond donors (Lipinski definition) is 1. The van der Waals surface area contributed by atoms with Gasteiger partial charge in [0.25, 0.3) is 5.91 Å². The van der Waals surface area contributed by atoms with E-state index in [1.165, 1.54) is 12.1 Å². The molecule has 1 atom stereocenters. The first-order valence-electron chi connectivity index (χ1n) is 8.88. The molecule has 1 aromatic carbocycles. The van der Waals surface area contributed by atoms with Gasteiger partial charge in [0.1, 0.15) is 5.82 Å². The summed E-state index contributed by atoms with van der Waals surface area (Å²) in [6, 6.07) is 6.29.